The minimum Gasteiger partial charge on any atom is -0.346 e. The van der Waals surface area contributed by atoms with Crippen molar-refractivity contribution in [1.82, 2.24) is 34.8 Å². The van der Waals surface area contributed by atoms with E-state index in [1.54, 1.807) is 4.90 Å². The van der Waals surface area contributed by atoms with E-state index in [1.807, 2.05) is 58.9 Å². The van der Waals surface area contributed by atoms with Crippen molar-refractivity contribution in [2.24, 2.45) is 29.1 Å². The second-order valence-electron chi connectivity index (χ2n) is 16.8. The summed E-state index contributed by atoms with van der Waals surface area (Å²) in [4.78, 5) is 70.6. The highest BCUT2D eigenvalue weighted by Crippen LogP contribution is 2.36. The van der Waals surface area contributed by atoms with Crippen molar-refractivity contribution < 1.29 is 32.4 Å². The summed E-state index contributed by atoms with van der Waals surface area (Å²) in [6.07, 6.45) is 5.25. The first-order valence-electron chi connectivity index (χ1n) is 19.1. The first-order valence-corrected chi connectivity index (χ1v) is 20.5. The van der Waals surface area contributed by atoms with E-state index in [9.17, 15) is 32.4 Å². The molecule has 1 aromatic rings. The highest BCUT2D eigenvalue weighted by Gasteiger charge is 2.48. The lowest BCUT2D eigenvalue weighted by Crippen LogP contribution is -2.61. The Bertz CT molecular complexity index is 1650. The number of nitrogens with one attached hydrogen (secondary N) is 4. The van der Waals surface area contributed by atoms with E-state index >= 15 is 0 Å². The smallest absolute Gasteiger partial charge is 0.315 e. The molecular formula is C39H61N7O7S. The molecule has 2 aliphatic carbocycles. The van der Waals surface area contributed by atoms with Gasteiger partial charge in [0.25, 0.3) is 16.1 Å². The molecular weight excluding hydrogens is 711 g/mol. The molecule has 0 bridgehead atoms. The van der Waals surface area contributed by atoms with Crippen LogP contribution in [0.4, 0.5) is 4.79 Å². The Morgan fingerprint density at radius 1 is 0.963 bits per heavy atom. The normalized spacial score (nSPS) is 20.7. The van der Waals surface area contributed by atoms with E-state index in [2.05, 4.69) is 27.8 Å². The summed E-state index contributed by atoms with van der Waals surface area (Å²) < 4.78 is 28.0. The summed E-state index contributed by atoms with van der Waals surface area (Å²) in [6.45, 7) is 13.6. The number of hydrogen-bond donors (Lipinski definition) is 4. The zero-order valence-electron chi connectivity index (χ0n) is 33.2. The number of carbonyl (C=O) groups is 5. The molecule has 2 fully saturated rings. The third-order valence-electron chi connectivity index (χ3n) is 11.1. The number of Topliss-reactive ketones (excluding diaryl/α,β-unsaturated/α-hetero) is 1. The number of carbonyl (C=O) groups excluding carboxylic acids is 5. The van der Waals surface area contributed by atoms with Crippen LogP contribution in [0.15, 0.2) is 36.9 Å². The van der Waals surface area contributed by atoms with Crippen LogP contribution in [0.25, 0.3) is 0 Å². The molecule has 0 radical (unpaired) electrons. The Hall–Kier alpha value is -3.82. The zero-order valence-corrected chi connectivity index (χ0v) is 34.0. The van der Waals surface area contributed by atoms with Crippen molar-refractivity contribution in [3.63, 3.8) is 0 Å². The molecule has 4 rings (SSSR count). The van der Waals surface area contributed by atoms with Gasteiger partial charge >= 0.3 is 6.03 Å². The number of nitrogens with zero attached hydrogens (tertiary/aromatic N) is 3. The largest absolute Gasteiger partial charge is 0.346 e. The van der Waals surface area contributed by atoms with Crippen LogP contribution in [-0.2, 0) is 42.2 Å². The Morgan fingerprint density at radius 2 is 1.57 bits per heavy atom. The zero-order chi connectivity index (χ0) is 40.1. The minimum absolute atomic E-state index is 0.0122. The molecule has 3 aliphatic rings. The Balaban J connectivity index is 1.62. The lowest BCUT2D eigenvalue weighted by atomic mass is 9.86. The molecule has 2 unspecified atom stereocenters. The SMILES string of the molecule is C=CCNC(=O)C(=O)C(CC1CC1)NC(=O)[C@@H]1C(C(C)C)CCN1C(=O)[C@@H](NC(=O)N[C@H](CN(C)S(=O)(=O)N(C)C)C(C)(C)C)C1Cc2ccccc2C1. The van der Waals surface area contributed by atoms with Gasteiger partial charge in [-0.05, 0) is 65.9 Å². The van der Waals surface area contributed by atoms with Crippen molar-refractivity contribution in [1.29, 1.82) is 0 Å². The molecule has 14 nitrogen and oxygen atoms in total. The number of hydrogen-bond acceptors (Lipinski definition) is 7. The lowest BCUT2D eigenvalue weighted by molar-refractivity contribution is -0.144. The van der Waals surface area contributed by atoms with Gasteiger partial charge in [-0.15, -0.1) is 6.58 Å². The fourth-order valence-electron chi connectivity index (χ4n) is 7.58. The van der Waals surface area contributed by atoms with E-state index in [1.165, 1.54) is 31.5 Å². The van der Waals surface area contributed by atoms with Gasteiger partial charge < -0.3 is 26.2 Å². The average Bonchev–Trinajstić information content (AvgIpc) is 3.63. The van der Waals surface area contributed by atoms with E-state index in [0.717, 1.165) is 28.3 Å². The number of ketones is 1. The Labute approximate surface area is 321 Å². The summed E-state index contributed by atoms with van der Waals surface area (Å²) in [5, 5.41) is 11.3. The third-order valence-corrected chi connectivity index (χ3v) is 13.0. The van der Waals surface area contributed by atoms with E-state index in [4.69, 9.17) is 0 Å². The van der Waals surface area contributed by atoms with Gasteiger partial charge in [0.1, 0.15) is 12.1 Å². The Kier molecular flexibility index (Phi) is 14.1. The molecule has 4 N–H and O–H groups in total. The van der Waals surface area contributed by atoms with Crippen LogP contribution in [0, 0.1) is 29.1 Å². The van der Waals surface area contributed by atoms with Crippen LogP contribution in [-0.4, -0.2) is 116 Å². The number of urea groups is 1. The highest BCUT2D eigenvalue weighted by molar-refractivity contribution is 7.86. The number of likely N-dealkylation sites (tertiary alicyclic amines) is 1. The first-order chi connectivity index (χ1) is 25.3. The molecule has 0 spiro atoms. The van der Waals surface area contributed by atoms with Crippen LogP contribution in [0.2, 0.25) is 0 Å². The van der Waals surface area contributed by atoms with Crippen molar-refractivity contribution in [2.45, 2.75) is 97.3 Å². The van der Waals surface area contributed by atoms with Crippen molar-refractivity contribution in [3.05, 3.63) is 48.0 Å². The van der Waals surface area contributed by atoms with Crippen LogP contribution in [0.5, 0.6) is 0 Å². The molecule has 0 aromatic heterocycles. The quantitative estimate of drug-likeness (QED) is 0.139. The maximum atomic E-state index is 14.9. The molecule has 1 saturated carbocycles. The van der Waals surface area contributed by atoms with Crippen LogP contribution < -0.4 is 21.3 Å². The summed E-state index contributed by atoms with van der Waals surface area (Å²) in [5.74, 6) is -2.72. The van der Waals surface area contributed by atoms with Crippen LogP contribution in [0.3, 0.4) is 0 Å². The average molecular weight is 772 g/mol. The van der Waals surface area contributed by atoms with Gasteiger partial charge in [-0.3, -0.25) is 19.2 Å². The number of rotatable bonds is 17. The predicted octanol–water partition coefficient (Wildman–Crippen LogP) is 2.25. The molecule has 5 amide bonds. The standard InChI is InChI=1S/C39H61N7O7S/c1-10-18-40-36(49)34(47)30(20-25-15-16-25)41-35(48)33-29(24(2)3)17-19-46(33)37(50)32(28-21-26-13-11-12-14-27(26)22-28)43-38(51)42-31(39(4,5)6)23-45(9)54(52,53)44(7)8/h10-14,24-25,28-33H,1,15-23H2,2-9H3,(H,40,49)(H,41,48)(H2,42,43,51)/t29?,30?,31-,32+,33+/m1/s1. The maximum Gasteiger partial charge on any atom is 0.315 e. The summed E-state index contributed by atoms with van der Waals surface area (Å²) >= 11 is 0. The molecule has 54 heavy (non-hydrogen) atoms. The monoisotopic (exact) mass is 771 g/mol. The third kappa shape index (κ3) is 10.5. The summed E-state index contributed by atoms with van der Waals surface area (Å²) in [7, 11) is 0.571. The van der Waals surface area contributed by atoms with Gasteiger partial charge in [-0.1, -0.05) is 77.8 Å². The van der Waals surface area contributed by atoms with Crippen molar-refractivity contribution in [2.75, 3.05) is 40.8 Å². The Morgan fingerprint density at radius 3 is 2.09 bits per heavy atom. The number of fused-ring (bicyclic) bond motifs is 1. The lowest BCUT2D eigenvalue weighted by Gasteiger charge is -2.37. The first kappa shape index (κ1) is 42.9. The van der Waals surface area contributed by atoms with Gasteiger partial charge in [-0.2, -0.15) is 17.0 Å². The van der Waals surface area contributed by atoms with Crippen LogP contribution >= 0.6 is 0 Å². The molecule has 1 aromatic carbocycles. The minimum atomic E-state index is -3.76. The second kappa shape index (κ2) is 17.8. The predicted molar refractivity (Wildman–Crippen MR) is 207 cm³/mol. The molecule has 1 saturated heterocycles. The summed E-state index contributed by atoms with van der Waals surface area (Å²) in [5.41, 5.74) is 1.60. The van der Waals surface area contributed by atoms with E-state index in [0.29, 0.717) is 25.7 Å². The van der Waals surface area contributed by atoms with Crippen molar-refractivity contribution in [3.8, 4) is 0 Å². The number of amides is 5. The van der Waals surface area contributed by atoms with Gasteiger partial charge in [-0.25, -0.2) is 4.79 Å². The molecule has 15 heteroatoms. The van der Waals surface area contributed by atoms with Gasteiger partial charge in [0, 0.05) is 46.8 Å². The van der Waals surface area contributed by atoms with Crippen LogP contribution in [0.1, 0.15) is 71.4 Å². The fourth-order valence-corrected chi connectivity index (χ4v) is 8.47. The highest BCUT2D eigenvalue weighted by atomic mass is 32.2. The summed E-state index contributed by atoms with van der Waals surface area (Å²) in [6, 6.07) is 3.67. The molecule has 1 heterocycles. The number of benzene rings is 1. The number of likely N-dealkylation sites (N-methyl/N-ethyl adjacent to an activating group) is 1. The molecule has 1 aliphatic heterocycles. The maximum absolute atomic E-state index is 14.9. The van der Waals surface area contributed by atoms with E-state index < -0.39 is 69.3 Å². The molecule has 5 atom stereocenters. The van der Waals surface area contributed by atoms with Crippen molar-refractivity contribution >= 4 is 39.7 Å². The van der Waals surface area contributed by atoms with Gasteiger partial charge in [0.2, 0.25) is 17.6 Å². The van der Waals surface area contributed by atoms with Gasteiger partial charge in [0.05, 0.1) is 6.04 Å². The molecule has 300 valence electrons. The topological polar surface area (TPSA) is 177 Å². The van der Waals surface area contributed by atoms with E-state index in [-0.39, 0.29) is 43.3 Å². The second-order valence-corrected chi connectivity index (χ2v) is 19.0. The van der Waals surface area contributed by atoms with Gasteiger partial charge in [0.15, 0.2) is 0 Å². The fraction of sp³-hybridized carbons (Fsp3) is 0.667.